The number of ether oxygens (including phenoxy) is 2. The molecule has 0 bridgehead atoms. The highest BCUT2D eigenvalue weighted by atomic mass is 16.5. The molecule has 0 radical (unpaired) electrons. The second-order valence-electron chi connectivity index (χ2n) is 18.7. The third-order valence-electron chi connectivity index (χ3n) is 14.1. The Morgan fingerprint density at radius 1 is 0.436 bits per heavy atom. The van der Waals surface area contributed by atoms with Crippen molar-refractivity contribution in [2.24, 2.45) is 45.5 Å². The van der Waals surface area contributed by atoms with Gasteiger partial charge in [-0.25, -0.2) is 0 Å². The molecule has 55 heavy (non-hydrogen) atoms. The molecular weight excluding hydrogens is 681 g/mol. The van der Waals surface area contributed by atoms with Crippen LogP contribution in [-0.2, 0) is 19.1 Å². The van der Waals surface area contributed by atoms with Gasteiger partial charge in [-0.15, -0.1) is 0 Å². The lowest BCUT2D eigenvalue weighted by molar-refractivity contribution is -0.150. The van der Waals surface area contributed by atoms with Crippen molar-refractivity contribution in [3.63, 3.8) is 0 Å². The molecule has 0 amide bonds. The highest BCUT2D eigenvalue weighted by Crippen LogP contribution is 2.34. The summed E-state index contributed by atoms with van der Waals surface area (Å²) in [6.45, 7) is 5.53. The van der Waals surface area contributed by atoms with Gasteiger partial charge in [0.2, 0.25) is 0 Å². The molecule has 4 aliphatic carbocycles. The molecule has 0 heterocycles. The van der Waals surface area contributed by atoms with Gasteiger partial charge in [-0.1, -0.05) is 104 Å². The van der Waals surface area contributed by atoms with Crippen molar-refractivity contribution in [1.29, 1.82) is 0 Å². The molecule has 4 rings (SSSR count). The normalized spacial score (nSPS) is 29.1. The number of hydrogen-bond donors (Lipinski definition) is 0. The number of aliphatic imine (C=N–C) groups is 2. The number of nitrogens with zero attached hydrogens (tertiary/aromatic N) is 2. The van der Waals surface area contributed by atoms with Crippen LogP contribution in [0.3, 0.4) is 0 Å². The summed E-state index contributed by atoms with van der Waals surface area (Å²) >= 11 is 0. The van der Waals surface area contributed by atoms with Gasteiger partial charge in [0.1, 0.15) is 0 Å². The summed E-state index contributed by atoms with van der Waals surface area (Å²) in [5.74, 6) is 2.97. The number of hydrogen-bond acceptors (Lipinski definition) is 6. The first-order chi connectivity index (χ1) is 27.0. The maximum Gasteiger partial charge on any atom is 0.308 e. The molecule has 0 N–H and O–H groups in total. The van der Waals surface area contributed by atoms with E-state index in [0.717, 1.165) is 82.5 Å². The van der Waals surface area contributed by atoms with Crippen molar-refractivity contribution in [2.45, 2.75) is 238 Å². The van der Waals surface area contributed by atoms with Gasteiger partial charge in [-0.2, -0.15) is 0 Å². The van der Waals surface area contributed by atoms with Crippen molar-refractivity contribution < 1.29 is 19.1 Å². The standard InChI is InChI=1S/C49H86N2O4/c1-3-5-7-9-11-14-18-40-24-32-46(33-25-40)50-38-42-20-28-44(29-21-42)48(52)54-36-16-13-17-37-55-49(53)45-30-22-43(23-31-45)39-51-47-34-26-41(27-35-47)19-15-12-10-8-6-4-2/h38-47H,3-37H2,1-2H3. The predicted octanol–water partition coefficient (Wildman–Crippen LogP) is 13.6. The molecule has 6 nitrogen and oxygen atoms in total. The zero-order valence-corrected chi connectivity index (χ0v) is 36.0. The Morgan fingerprint density at radius 2 is 0.782 bits per heavy atom. The maximum atomic E-state index is 12.7. The van der Waals surface area contributed by atoms with Gasteiger partial charge < -0.3 is 9.47 Å². The first-order valence-corrected chi connectivity index (χ1v) is 24.4. The molecule has 4 fully saturated rings. The van der Waals surface area contributed by atoms with Crippen LogP contribution in [0.5, 0.6) is 0 Å². The fourth-order valence-corrected chi connectivity index (χ4v) is 10.0. The average molecular weight is 767 g/mol. The fourth-order valence-electron chi connectivity index (χ4n) is 10.0. The van der Waals surface area contributed by atoms with Gasteiger partial charge in [0.15, 0.2) is 0 Å². The number of carbonyl (C=O) groups excluding carboxylic acids is 2. The minimum absolute atomic E-state index is 0.0164. The average Bonchev–Trinajstić information content (AvgIpc) is 3.22. The van der Waals surface area contributed by atoms with Crippen LogP contribution < -0.4 is 0 Å². The topological polar surface area (TPSA) is 77.3 Å². The van der Waals surface area contributed by atoms with Crippen LogP contribution in [0.2, 0.25) is 0 Å². The monoisotopic (exact) mass is 767 g/mol. The number of rotatable bonds is 26. The molecule has 0 spiro atoms. The lowest BCUT2D eigenvalue weighted by Crippen LogP contribution is -2.25. The zero-order chi connectivity index (χ0) is 38.8. The van der Waals surface area contributed by atoms with Crippen LogP contribution in [0.4, 0.5) is 0 Å². The SMILES string of the molecule is CCCCCCCCC1CCC(N=CC2CCC(C(=O)OCCCCCOC(=O)C3CCC(C=NC4CCC(CCCCCCCC)CC4)CC3)CC2)CC1. The van der Waals surface area contributed by atoms with Gasteiger partial charge in [-0.05, 0) is 146 Å². The summed E-state index contributed by atoms with van der Waals surface area (Å²) in [4.78, 5) is 35.5. The molecule has 0 aromatic carbocycles. The summed E-state index contributed by atoms with van der Waals surface area (Å²) in [5, 5.41) is 0. The molecule has 316 valence electrons. The van der Waals surface area contributed by atoms with Crippen molar-refractivity contribution in [2.75, 3.05) is 13.2 Å². The maximum absolute atomic E-state index is 12.7. The first kappa shape index (κ1) is 46.0. The first-order valence-electron chi connectivity index (χ1n) is 24.4. The van der Waals surface area contributed by atoms with Crippen LogP contribution in [0, 0.1) is 35.5 Å². The van der Waals surface area contributed by atoms with Gasteiger partial charge in [0.05, 0.1) is 25.0 Å². The molecule has 0 aromatic heterocycles. The van der Waals surface area contributed by atoms with Crippen molar-refractivity contribution >= 4 is 24.4 Å². The third-order valence-corrected chi connectivity index (χ3v) is 14.1. The van der Waals surface area contributed by atoms with Crippen LogP contribution >= 0.6 is 0 Å². The second-order valence-corrected chi connectivity index (χ2v) is 18.7. The molecule has 0 atom stereocenters. The van der Waals surface area contributed by atoms with E-state index in [9.17, 15) is 9.59 Å². The minimum Gasteiger partial charge on any atom is -0.465 e. The molecule has 0 unspecified atom stereocenters. The Hall–Kier alpha value is -1.72. The van der Waals surface area contributed by atoms with E-state index < -0.39 is 0 Å². The summed E-state index contributed by atoms with van der Waals surface area (Å²) in [7, 11) is 0. The van der Waals surface area contributed by atoms with Gasteiger partial charge in [0, 0.05) is 24.5 Å². The number of carbonyl (C=O) groups is 2. The largest absolute Gasteiger partial charge is 0.465 e. The fraction of sp³-hybridized carbons (Fsp3) is 0.918. The van der Waals surface area contributed by atoms with Crippen molar-refractivity contribution in [3.8, 4) is 0 Å². The highest BCUT2D eigenvalue weighted by molar-refractivity contribution is 5.73. The Morgan fingerprint density at radius 3 is 1.16 bits per heavy atom. The third kappa shape index (κ3) is 19.5. The molecule has 6 heteroatoms. The molecule has 0 aromatic rings. The quantitative estimate of drug-likeness (QED) is 0.0499. The molecule has 0 aliphatic heterocycles. The van der Waals surface area contributed by atoms with E-state index in [2.05, 4.69) is 26.3 Å². The van der Waals surface area contributed by atoms with E-state index in [1.807, 2.05) is 0 Å². The Kier molecular flexibility index (Phi) is 23.9. The highest BCUT2D eigenvalue weighted by Gasteiger charge is 2.29. The minimum atomic E-state index is -0.0164. The Bertz CT molecular complexity index is 961. The van der Waals surface area contributed by atoms with Gasteiger partial charge in [0.25, 0.3) is 0 Å². The smallest absolute Gasteiger partial charge is 0.308 e. The van der Waals surface area contributed by atoms with Crippen LogP contribution in [-0.4, -0.2) is 49.7 Å². The second kappa shape index (κ2) is 28.6. The van der Waals surface area contributed by atoms with E-state index >= 15 is 0 Å². The summed E-state index contributed by atoms with van der Waals surface area (Å²) in [6, 6.07) is 1.05. The molecule has 0 saturated heterocycles. The van der Waals surface area contributed by atoms with Crippen LogP contribution in [0.1, 0.15) is 226 Å². The van der Waals surface area contributed by atoms with E-state index in [4.69, 9.17) is 19.5 Å². The summed E-state index contributed by atoms with van der Waals surface area (Å²) < 4.78 is 11.3. The number of unbranched alkanes of at least 4 members (excludes halogenated alkanes) is 12. The predicted molar refractivity (Wildman–Crippen MR) is 231 cm³/mol. The van der Waals surface area contributed by atoms with E-state index in [1.54, 1.807) is 0 Å². The van der Waals surface area contributed by atoms with E-state index in [1.165, 1.54) is 141 Å². The molecule has 4 aliphatic rings. The lowest BCUT2D eigenvalue weighted by Gasteiger charge is -2.28. The molecular formula is C49H86N2O4. The summed E-state index contributed by atoms with van der Waals surface area (Å²) in [6.07, 6.45) is 45.1. The van der Waals surface area contributed by atoms with Crippen LogP contribution in [0.25, 0.3) is 0 Å². The van der Waals surface area contributed by atoms with E-state index in [-0.39, 0.29) is 23.8 Å². The number of esters is 2. The van der Waals surface area contributed by atoms with Crippen molar-refractivity contribution in [1.82, 2.24) is 0 Å². The Balaban J connectivity index is 0.932. The van der Waals surface area contributed by atoms with Crippen LogP contribution in [0.15, 0.2) is 9.98 Å². The van der Waals surface area contributed by atoms with E-state index in [0.29, 0.717) is 37.1 Å². The zero-order valence-electron chi connectivity index (χ0n) is 36.0. The lowest BCUT2D eigenvalue weighted by atomic mass is 9.82. The van der Waals surface area contributed by atoms with Crippen molar-refractivity contribution in [3.05, 3.63) is 0 Å². The molecule has 4 saturated carbocycles. The Labute approximate surface area is 339 Å². The van der Waals surface area contributed by atoms with Gasteiger partial charge >= 0.3 is 11.9 Å². The summed E-state index contributed by atoms with van der Waals surface area (Å²) in [5.41, 5.74) is 0. The van der Waals surface area contributed by atoms with Gasteiger partial charge in [-0.3, -0.25) is 19.6 Å².